The van der Waals surface area contributed by atoms with Crippen LogP contribution in [0.4, 0.5) is 10.1 Å². The number of anilines is 1. The maximum Gasteiger partial charge on any atom is 0.331 e. The van der Waals surface area contributed by atoms with E-state index < -0.39 is 17.1 Å². The lowest BCUT2D eigenvalue weighted by Gasteiger charge is -2.18. The second kappa shape index (κ2) is 8.80. The Morgan fingerprint density at radius 1 is 1.31 bits per heavy atom. The van der Waals surface area contributed by atoms with Gasteiger partial charge in [-0.1, -0.05) is 0 Å². The van der Waals surface area contributed by atoms with E-state index >= 15 is 0 Å². The number of benzene rings is 1. The summed E-state index contributed by atoms with van der Waals surface area (Å²) in [4.78, 5) is 37.5. The van der Waals surface area contributed by atoms with Crippen molar-refractivity contribution in [3.8, 4) is 0 Å². The summed E-state index contributed by atoms with van der Waals surface area (Å²) < 4.78 is 22.1. The Morgan fingerprint density at radius 2 is 2.03 bits per heavy atom. The minimum absolute atomic E-state index is 0.0719. The van der Waals surface area contributed by atoms with Crippen molar-refractivity contribution in [1.82, 2.24) is 9.13 Å². The van der Waals surface area contributed by atoms with Gasteiger partial charge in [-0.05, 0) is 58.1 Å². The predicted octanol–water partition coefficient (Wildman–Crippen LogP) is 3.05. The molecule has 7 nitrogen and oxygen atoms in total. The van der Waals surface area contributed by atoms with E-state index in [2.05, 4.69) is 5.32 Å². The summed E-state index contributed by atoms with van der Waals surface area (Å²) in [6.45, 7) is 6.44. The van der Waals surface area contributed by atoms with Crippen molar-refractivity contribution < 1.29 is 13.9 Å². The lowest BCUT2D eigenvalue weighted by molar-refractivity contribution is -0.143. The van der Waals surface area contributed by atoms with Gasteiger partial charge in [0.15, 0.2) is 0 Å². The van der Waals surface area contributed by atoms with E-state index in [0.29, 0.717) is 30.1 Å². The fraction of sp³-hybridized carbons (Fsp3) is 0.571. The third kappa shape index (κ3) is 4.68. The third-order valence-electron chi connectivity index (χ3n) is 5.12. The van der Waals surface area contributed by atoms with Gasteiger partial charge in [-0.15, -0.1) is 0 Å². The highest BCUT2D eigenvalue weighted by atomic mass is 19.1. The smallest absolute Gasteiger partial charge is 0.331 e. The van der Waals surface area contributed by atoms with Gasteiger partial charge in [0.05, 0.1) is 23.2 Å². The first-order valence-corrected chi connectivity index (χ1v) is 10.2. The fourth-order valence-corrected chi connectivity index (χ4v) is 3.42. The number of rotatable bonds is 9. The second-order valence-electron chi connectivity index (χ2n) is 7.79. The molecule has 1 aliphatic carbocycles. The zero-order valence-electron chi connectivity index (χ0n) is 17.2. The molecule has 0 atom stereocenters. The molecule has 0 amide bonds. The molecule has 0 saturated heterocycles. The average Bonchev–Trinajstić information content (AvgIpc) is 3.48. The maximum atomic E-state index is 14.6. The van der Waals surface area contributed by atoms with Gasteiger partial charge in [-0.3, -0.25) is 18.7 Å². The first-order chi connectivity index (χ1) is 13.8. The van der Waals surface area contributed by atoms with Crippen molar-refractivity contribution in [2.45, 2.75) is 59.0 Å². The van der Waals surface area contributed by atoms with Crippen LogP contribution in [0.5, 0.6) is 0 Å². The average molecular weight is 405 g/mol. The van der Waals surface area contributed by atoms with Crippen LogP contribution in [0.3, 0.4) is 0 Å². The van der Waals surface area contributed by atoms with Crippen molar-refractivity contribution in [3.05, 3.63) is 38.8 Å². The Bertz CT molecular complexity index is 1020. The van der Waals surface area contributed by atoms with Crippen LogP contribution >= 0.6 is 0 Å². The summed E-state index contributed by atoms with van der Waals surface area (Å²) in [5.41, 5.74) is -0.284. The van der Waals surface area contributed by atoms with Crippen LogP contribution in [0.25, 0.3) is 10.9 Å². The Balaban J connectivity index is 2.00. The van der Waals surface area contributed by atoms with Crippen LogP contribution in [-0.2, 0) is 16.1 Å². The molecule has 8 heteroatoms. The molecule has 0 aliphatic heterocycles. The summed E-state index contributed by atoms with van der Waals surface area (Å²) >= 11 is 0. The van der Waals surface area contributed by atoms with Crippen molar-refractivity contribution in [3.63, 3.8) is 0 Å². The van der Waals surface area contributed by atoms with E-state index in [9.17, 15) is 18.8 Å². The molecular weight excluding hydrogens is 377 g/mol. The number of nitrogens with zero attached hydrogens (tertiary/aromatic N) is 2. The predicted molar refractivity (Wildman–Crippen MR) is 110 cm³/mol. The quantitative estimate of drug-likeness (QED) is 0.649. The normalized spacial score (nSPS) is 13.8. The maximum absolute atomic E-state index is 14.6. The number of ether oxygens (including phenoxy) is 1. The van der Waals surface area contributed by atoms with Crippen LogP contribution in [0.2, 0.25) is 0 Å². The molecule has 0 spiro atoms. The number of hydrogen-bond donors (Lipinski definition) is 1. The van der Waals surface area contributed by atoms with E-state index in [-0.39, 0.29) is 37.0 Å². The van der Waals surface area contributed by atoms with Crippen LogP contribution in [0.1, 0.15) is 52.5 Å². The molecule has 0 unspecified atom stereocenters. The summed E-state index contributed by atoms with van der Waals surface area (Å²) in [5.74, 6) is -0.324. The molecule has 3 rings (SSSR count). The molecule has 158 valence electrons. The highest BCUT2D eigenvalue weighted by Gasteiger charge is 2.22. The number of fused-ring (bicyclic) bond motifs is 1. The van der Waals surface area contributed by atoms with Gasteiger partial charge in [-0.2, -0.15) is 0 Å². The number of aromatic nitrogens is 2. The van der Waals surface area contributed by atoms with Crippen LogP contribution in [0, 0.1) is 11.7 Å². The molecule has 1 aromatic heterocycles. The Morgan fingerprint density at radius 3 is 2.66 bits per heavy atom. The standard InChI is InChI=1S/C21H28FN3O4/c1-4-29-19(26)6-5-9-24-20(27)15-10-16(22)17(23-12-14-7-8-14)11-18(15)25(13(2)3)21(24)28/h10-11,13-14,23H,4-9,12H2,1-3H3. The van der Waals surface area contributed by atoms with Crippen molar-refractivity contribution in [1.29, 1.82) is 0 Å². The summed E-state index contributed by atoms with van der Waals surface area (Å²) in [7, 11) is 0. The summed E-state index contributed by atoms with van der Waals surface area (Å²) in [5, 5.41) is 3.25. The largest absolute Gasteiger partial charge is 0.466 e. The van der Waals surface area contributed by atoms with Crippen LogP contribution in [0.15, 0.2) is 21.7 Å². The van der Waals surface area contributed by atoms with E-state index in [0.717, 1.165) is 17.4 Å². The minimum atomic E-state index is -0.543. The van der Waals surface area contributed by atoms with Crippen LogP contribution < -0.4 is 16.6 Å². The van der Waals surface area contributed by atoms with Gasteiger partial charge in [-0.25, -0.2) is 9.18 Å². The third-order valence-corrected chi connectivity index (χ3v) is 5.12. The molecule has 1 fully saturated rings. The van der Waals surface area contributed by atoms with Crippen molar-refractivity contribution in [2.24, 2.45) is 5.92 Å². The van der Waals surface area contributed by atoms with Crippen molar-refractivity contribution >= 4 is 22.6 Å². The van der Waals surface area contributed by atoms with Gasteiger partial charge < -0.3 is 10.1 Å². The zero-order chi connectivity index (χ0) is 21.1. The Hall–Kier alpha value is -2.64. The number of esters is 1. The fourth-order valence-electron chi connectivity index (χ4n) is 3.42. The van der Waals surface area contributed by atoms with E-state index in [4.69, 9.17) is 4.74 Å². The molecule has 1 aromatic carbocycles. The molecule has 29 heavy (non-hydrogen) atoms. The molecule has 1 aliphatic rings. The molecule has 0 radical (unpaired) electrons. The number of halogens is 1. The van der Waals surface area contributed by atoms with E-state index in [1.165, 1.54) is 10.6 Å². The molecule has 1 N–H and O–H groups in total. The zero-order valence-corrected chi connectivity index (χ0v) is 17.2. The highest BCUT2D eigenvalue weighted by molar-refractivity contribution is 5.82. The topological polar surface area (TPSA) is 82.3 Å². The SMILES string of the molecule is CCOC(=O)CCCn1c(=O)c2cc(F)c(NCC3CC3)cc2n(C(C)C)c1=O. The van der Waals surface area contributed by atoms with Crippen LogP contribution in [-0.4, -0.2) is 28.3 Å². The summed E-state index contributed by atoms with van der Waals surface area (Å²) in [6.07, 6.45) is 2.67. The number of carbonyl (C=O) groups excluding carboxylic acids is 1. The highest BCUT2D eigenvalue weighted by Crippen LogP contribution is 2.30. The Labute approximate surface area is 168 Å². The number of hydrogen-bond acceptors (Lipinski definition) is 5. The number of nitrogens with one attached hydrogen (secondary N) is 1. The van der Waals surface area contributed by atoms with Crippen molar-refractivity contribution in [2.75, 3.05) is 18.5 Å². The number of carbonyl (C=O) groups is 1. The van der Waals surface area contributed by atoms with Gasteiger partial charge >= 0.3 is 11.7 Å². The molecule has 1 saturated carbocycles. The molecule has 0 bridgehead atoms. The second-order valence-corrected chi connectivity index (χ2v) is 7.79. The van der Waals surface area contributed by atoms with Gasteiger partial charge in [0.1, 0.15) is 5.82 Å². The van der Waals surface area contributed by atoms with Gasteiger partial charge in [0.25, 0.3) is 5.56 Å². The lowest BCUT2D eigenvalue weighted by atomic mass is 10.1. The Kier molecular flexibility index (Phi) is 6.39. The first-order valence-electron chi connectivity index (χ1n) is 10.2. The first kappa shape index (κ1) is 21.1. The molecule has 1 heterocycles. The monoisotopic (exact) mass is 405 g/mol. The van der Waals surface area contributed by atoms with E-state index in [1.54, 1.807) is 13.0 Å². The lowest BCUT2D eigenvalue weighted by Crippen LogP contribution is -2.41. The molecule has 2 aromatic rings. The van der Waals surface area contributed by atoms with E-state index in [1.807, 2.05) is 13.8 Å². The minimum Gasteiger partial charge on any atom is -0.466 e. The molecular formula is C21H28FN3O4. The summed E-state index contributed by atoms with van der Waals surface area (Å²) in [6, 6.07) is 2.54. The van der Waals surface area contributed by atoms with Gasteiger partial charge in [0, 0.05) is 25.6 Å². The van der Waals surface area contributed by atoms with Gasteiger partial charge in [0.2, 0.25) is 0 Å².